The standard InChI is InChI=1S/C33H30N4O4/c1-4-35(5-2)24-20-18-23(19-21-24)12-11-16-26-22(3)29-30(34-37(32(29)39)25-13-7-6-8-14-25)36(31(26)38)28-17-10-9-15-27(28)33(40)41/h6-21H,4-5H2,1-3H3,(H,40,41)/b12-11?,26-16-. The summed E-state index contributed by atoms with van der Waals surface area (Å²) in [6, 6.07) is 23.2. The van der Waals surface area contributed by atoms with Crippen molar-refractivity contribution < 1.29 is 14.7 Å². The van der Waals surface area contributed by atoms with Crippen molar-refractivity contribution in [2.24, 2.45) is 5.10 Å². The molecule has 1 aromatic heterocycles. The molecule has 0 atom stereocenters. The van der Waals surface area contributed by atoms with Crippen molar-refractivity contribution in [3.05, 3.63) is 128 Å². The van der Waals surface area contributed by atoms with Crippen LogP contribution in [-0.4, -0.2) is 34.6 Å². The summed E-state index contributed by atoms with van der Waals surface area (Å²) in [5.74, 6) is -1.58. The van der Waals surface area contributed by atoms with E-state index in [0.29, 0.717) is 11.3 Å². The number of benzene rings is 3. The maximum absolute atomic E-state index is 14.0. The Hall–Kier alpha value is -5.24. The molecule has 5 rings (SSSR count). The third-order valence-electron chi connectivity index (χ3n) is 7.20. The van der Waals surface area contributed by atoms with Crippen LogP contribution in [0.3, 0.4) is 0 Å². The van der Waals surface area contributed by atoms with Gasteiger partial charge in [0.1, 0.15) is 0 Å². The van der Waals surface area contributed by atoms with E-state index in [4.69, 9.17) is 0 Å². The number of carbonyl (C=O) groups is 2. The third kappa shape index (κ3) is 5.07. The summed E-state index contributed by atoms with van der Waals surface area (Å²) in [6.45, 7) is 7.78. The van der Waals surface area contributed by atoms with Gasteiger partial charge in [0.05, 0.1) is 22.5 Å². The van der Waals surface area contributed by atoms with Crippen LogP contribution in [0.1, 0.15) is 45.7 Å². The number of carbonyl (C=O) groups excluding carboxylic acids is 1. The smallest absolute Gasteiger partial charge is 0.337 e. The Morgan fingerprint density at radius 3 is 2.24 bits per heavy atom. The van der Waals surface area contributed by atoms with Crippen LogP contribution in [0, 0.1) is 6.92 Å². The molecule has 0 spiro atoms. The summed E-state index contributed by atoms with van der Waals surface area (Å²) in [4.78, 5) is 42.0. The zero-order valence-corrected chi connectivity index (χ0v) is 23.1. The van der Waals surface area contributed by atoms with E-state index in [-0.39, 0.29) is 27.5 Å². The molecule has 1 aliphatic rings. The lowest BCUT2D eigenvalue weighted by Crippen LogP contribution is -2.45. The Morgan fingerprint density at radius 1 is 0.927 bits per heavy atom. The highest BCUT2D eigenvalue weighted by Gasteiger charge is 2.31. The van der Waals surface area contributed by atoms with E-state index in [2.05, 4.69) is 36.0 Å². The van der Waals surface area contributed by atoms with Gasteiger partial charge in [-0.05, 0) is 74.4 Å². The van der Waals surface area contributed by atoms with Crippen LogP contribution < -0.4 is 26.2 Å². The molecule has 1 aliphatic heterocycles. The molecule has 206 valence electrons. The number of para-hydroxylation sites is 2. The van der Waals surface area contributed by atoms with Gasteiger partial charge >= 0.3 is 5.97 Å². The number of fused-ring (bicyclic) bond motifs is 1. The van der Waals surface area contributed by atoms with Gasteiger partial charge in [0.2, 0.25) is 0 Å². The minimum atomic E-state index is -1.19. The molecular formula is C33H30N4O4. The molecule has 0 radical (unpaired) electrons. The van der Waals surface area contributed by atoms with Gasteiger partial charge in [0.15, 0.2) is 5.49 Å². The Balaban J connectivity index is 1.69. The number of nitrogens with zero attached hydrogens (tertiary/aromatic N) is 4. The van der Waals surface area contributed by atoms with Gasteiger partial charge in [-0.3, -0.25) is 14.2 Å². The van der Waals surface area contributed by atoms with Crippen LogP contribution in [-0.2, 0) is 0 Å². The number of aromatic nitrogens is 1. The van der Waals surface area contributed by atoms with E-state index in [0.717, 1.165) is 24.3 Å². The maximum Gasteiger partial charge on any atom is 0.337 e. The van der Waals surface area contributed by atoms with Crippen LogP contribution in [0.15, 0.2) is 94.8 Å². The average Bonchev–Trinajstić information content (AvgIpc) is 3.33. The van der Waals surface area contributed by atoms with Gasteiger partial charge < -0.3 is 10.0 Å². The van der Waals surface area contributed by atoms with Crippen LogP contribution in [0.25, 0.3) is 17.8 Å². The first-order valence-corrected chi connectivity index (χ1v) is 13.5. The van der Waals surface area contributed by atoms with Crippen molar-refractivity contribution >= 4 is 35.4 Å². The van der Waals surface area contributed by atoms with E-state index in [1.165, 1.54) is 15.6 Å². The van der Waals surface area contributed by atoms with Crippen molar-refractivity contribution in [1.82, 2.24) is 4.57 Å². The maximum atomic E-state index is 14.0. The van der Waals surface area contributed by atoms with Crippen LogP contribution in [0.5, 0.6) is 0 Å². The fourth-order valence-corrected chi connectivity index (χ4v) is 5.04. The van der Waals surface area contributed by atoms with Gasteiger partial charge in [-0.2, -0.15) is 5.01 Å². The number of carboxylic acid groups (broad SMARTS) is 1. The third-order valence-corrected chi connectivity index (χ3v) is 7.20. The number of hydrogen-bond acceptors (Lipinski definition) is 5. The quantitative estimate of drug-likeness (QED) is 0.354. The summed E-state index contributed by atoms with van der Waals surface area (Å²) in [7, 11) is 0. The molecule has 2 heterocycles. The zero-order valence-electron chi connectivity index (χ0n) is 23.1. The molecule has 1 amide bonds. The highest BCUT2D eigenvalue weighted by molar-refractivity contribution is 6.08. The number of pyridine rings is 1. The summed E-state index contributed by atoms with van der Waals surface area (Å²) in [5, 5.41) is 15.9. The normalized spacial score (nSPS) is 13.0. The highest BCUT2D eigenvalue weighted by Crippen LogP contribution is 2.21. The second-order valence-corrected chi connectivity index (χ2v) is 9.54. The highest BCUT2D eigenvalue weighted by atomic mass is 16.4. The fourth-order valence-electron chi connectivity index (χ4n) is 5.04. The van der Waals surface area contributed by atoms with Gasteiger partial charge in [-0.25, -0.2) is 4.79 Å². The molecule has 8 nitrogen and oxygen atoms in total. The minimum Gasteiger partial charge on any atom is -0.478 e. The number of hydrogen-bond donors (Lipinski definition) is 1. The summed E-state index contributed by atoms with van der Waals surface area (Å²) in [6.07, 6.45) is 5.31. The first-order valence-electron chi connectivity index (χ1n) is 13.5. The molecule has 1 N–H and O–H groups in total. The Bertz CT molecular complexity index is 1840. The predicted molar refractivity (Wildman–Crippen MR) is 161 cm³/mol. The molecular weight excluding hydrogens is 516 g/mol. The molecule has 4 aromatic rings. The first kappa shape index (κ1) is 27.3. The molecule has 3 aromatic carbocycles. The largest absolute Gasteiger partial charge is 0.478 e. The van der Waals surface area contributed by atoms with Crippen molar-refractivity contribution in [3.63, 3.8) is 0 Å². The first-order chi connectivity index (χ1) is 19.8. The second-order valence-electron chi connectivity index (χ2n) is 9.54. The van der Waals surface area contributed by atoms with Crippen molar-refractivity contribution in [1.29, 1.82) is 0 Å². The fraction of sp³-hybridized carbons (Fsp3) is 0.152. The summed E-state index contributed by atoms with van der Waals surface area (Å²) >= 11 is 0. The van der Waals surface area contributed by atoms with Crippen molar-refractivity contribution in [3.8, 4) is 5.69 Å². The monoisotopic (exact) mass is 546 g/mol. The lowest BCUT2D eigenvalue weighted by atomic mass is 10.1. The SMILES string of the molecule is CCN(CC)c1ccc(C=C/C=c2/c(C)c3c(n(-c4ccccc4C(=O)O)c2=O)=NN(c2ccccc2)C3=O)cc1. The number of aromatic carboxylic acids is 1. The molecule has 0 unspecified atom stereocenters. The predicted octanol–water partition coefficient (Wildman–Crippen LogP) is 4.38. The van der Waals surface area contributed by atoms with Crippen LogP contribution >= 0.6 is 0 Å². The van der Waals surface area contributed by atoms with Crippen molar-refractivity contribution in [2.75, 3.05) is 23.0 Å². The molecule has 0 aliphatic carbocycles. The average molecular weight is 547 g/mol. The van der Waals surface area contributed by atoms with E-state index in [1.807, 2.05) is 24.3 Å². The van der Waals surface area contributed by atoms with E-state index < -0.39 is 17.4 Å². The Morgan fingerprint density at radius 2 is 1.59 bits per heavy atom. The molecule has 0 bridgehead atoms. The van der Waals surface area contributed by atoms with Gasteiger partial charge in [0.25, 0.3) is 11.5 Å². The van der Waals surface area contributed by atoms with E-state index in [9.17, 15) is 19.5 Å². The number of allylic oxidation sites excluding steroid dienone is 1. The van der Waals surface area contributed by atoms with E-state index >= 15 is 0 Å². The summed E-state index contributed by atoms with van der Waals surface area (Å²) < 4.78 is 1.23. The molecule has 0 saturated heterocycles. The lowest BCUT2D eigenvalue weighted by molar-refractivity contribution is 0.0696. The van der Waals surface area contributed by atoms with E-state index in [1.54, 1.807) is 61.5 Å². The van der Waals surface area contributed by atoms with Crippen molar-refractivity contribution in [2.45, 2.75) is 20.8 Å². The van der Waals surface area contributed by atoms with Gasteiger partial charge in [-0.1, -0.05) is 54.6 Å². The Labute approximate surface area is 237 Å². The number of anilines is 2. The number of amides is 1. The van der Waals surface area contributed by atoms with Crippen LogP contribution in [0.4, 0.5) is 11.4 Å². The van der Waals surface area contributed by atoms with Crippen LogP contribution in [0.2, 0.25) is 0 Å². The lowest BCUT2D eigenvalue weighted by Gasteiger charge is -2.20. The zero-order chi connectivity index (χ0) is 29.1. The molecule has 0 saturated carbocycles. The molecule has 0 fully saturated rings. The molecule has 8 heteroatoms. The minimum absolute atomic E-state index is 0.0729. The topological polar surface area (TPSA) is 95.2 Å². The second kappa shape index (κ2) is 11.5. The Kier molecular flexibility index (Phi) is 7.65. The molecule has 41 heavy (non-hydrogen) atoms. The van der Waals surface area contributed by atoms with Gasteiger partial charge in [-0.15, -0.1) is 5.10 Å². The van der Waals surface area contributed by atoms with Gasteiger partial charge in [0, 0.05) is 24.0 Å². The summed E-state index contributed by atoms with van der Waals surface area (Å²) in [5.41, 5.74) is 3.04. The number of rotatable bonds is 8. The number of carboxylic acids is 1.